The molecule has 0 radical (unpaired) electrons. The minimum atomic E-state index is -0.113. The molecule has 0 aromatic heterocycles. The Kier molecular flexibility index (Phi) is 4.02. The lowest BCUT2D eigenvalue weighted by Crippen LogP contribution is -2.24. The number of carbonyl (C=O) groups is 1. The van der Waals surface area contributed by atoms with Crippen molar-refractivity contribution in [1.29, 1.82) is 0 Å². The van der Waals surface area contributed by atoms with Gasteiger partial charge >= 0.3 is 5.97 Å². The molecular weight excluding hydrogens is 238 g/mol. The van der Waals surface area contributed by atoms with Crippen molar-refractivity contribution in [3.8, 4) is 0 Å². The van der Waals surface area contributed by atoms with E-state index in [9.17, 15) is 4.79 Å². The molecule has 1 aromatic rings. The van der Waals surface area contributed by atoms with Crippen LogP contribution in [0.4, 0.5) is 0 Å². The van der Waals surface area contributed by atoms with Gasteiger partial charge in [0, 0.05) is 24.0 Å². The van der Waals surface area contributed by atoms with Crippen LogP contribution in [0.5, 0.6) is 0 Å². The molecule has 17 heavy (non-hydrogen) atoms. The first-order valence-corrected chi connectivity index (χ1v) is 6.23. The smallest absolute Gasteiger partial charge is 0.310 e. The lowest BCUT2D eigenvalue weighted by Gasteiger charge is -2.17. The summed E-state index contributed by atoms with van der Waals surface area (Å²) in [7, 11) is 0. The van der Waals surface area contributed by atoms with E-state index in [1.54, 1.807) is 0 Å². The Labute approximate surface area is 106 Å². The molecular formula is C13H16ClNO2. The quantitative estimate of drug-likeness (QED) is 0.840. The van der Waals surface area contributed by atoms with Gasteiger partial charge in [-0.1, -0.05) is 23.7 Å². The Bertz CT molecular complexity index is 391. The van der Waals surface area contributed by atoms with E-state index >= 15 is 0 Å². The molecule has 1 aliphatic rings. The van der Waals surface area contributed by atoms with E-state index in [0.29, 0.717) is 18.2 Å². The van der Waals surface area contributed by atoms with Gasteiger partial charge in [0.05, 0.1) is 12.5 Å². The second kappa shape index (κ2) is 5.52. The van der Waals surface area contributed by atoms with Gasteiger partial charge in [0.15, 0.2) is 0 Å². The van der Waals surface area contributed by atoms with Gasteiger partial charge in [-0.2, -0.15) is 0 Å². The first kappa shape index (κ1) is 12.4. The fourth-order valence-electron chi connectivity index (χ4n) is 2.24. The molecule has 1 heterocycles. The van der Waals surface area contributed by atoms with Crippen LogP contribution >= 0.6 is 11.6 Å². The Morgan fingerprint density at radius 2 is 2.12 bits per heavy atom. The number of benzene rings is 1. The van der Waals surface area contributed by atoms with Gasteiger partial charge in [0.1, 0.15) is 0 Å². The Morgan fingerprint density at radius 3 is 2.76 bits per heavy atom. The zero-order valence-electron chi connectivity index (χ0n) is 9.78. The van der Waals surface area contributed by atoms with E-state index < -0.39 is 0 Å². The summed E-state index contributed by atoms with van der Waals surface area (Å²) >= 11 is 5.86. The second-order valence-corrected chi connectivity index (χ2v) is 4.61. The lowest BCUT2D eigenvalue weighted by molar-refractivity contribution is -0.147. The summed E-state index contributed by atoms with van der Waals surface area (Å²) in [5.74, 6) is -0.0140. The molecule has 0 amide bonds. The van der Waals surface area contributed by atoms with E-state index in [2.05, 4.69) is 5.32 Å². The third-order valence-corrected chi connectivity index (χ3v) is 3.35. The average molecular weight is 254 g/mol. The number of ether oxygens (including phenoxy) is 1. The van der Waals surface area contributed by atoms with E-state index in [4.69, 9.17) is 16.3 Å². The SMILES string of the molecule is CCOC(=O)[C@@H]1CNC[C@H]1c1ccc(Cl)cc1. The molecule has 92 valence electrons. The lowest BCUT2D eigenvalue weighted by atomic mass is 9.89. The van der Waals surface area contributed by atoms with Crippen molar-refractivity contribution < 1.29 is 9.53 Å². The second-order valence-electron chi connectivity index (χ2n) is 4.17. The summed E-state index contributed by atoms with van der Waals surface area (Å²) < 4.78 is 5.10. The van der Waals surface area contributed by atoms with E-state index in [-0.39, 0.29) is 17.8 Å². The summed E-state index contributed by atoms with van der Waals surface area (Å²) in [4.78, 5) is 11.8. The maximum atomic E-state index is 11.8. The van der Waals surface area contributed by atoms with Gasteiger partial charge in [0.25, 0.3) is 0 Å². The highest BCUT2D eigenvalue weighted by Crippen LogP contribution is 2.29. The summed E-state index contributed by atoms with van der Waals surface area (Å²) in [6, 6.07) is 7.67. The van der Waals surface area contributed by atoms with Crippen LogP contribution < -0.4 is 5.32 Å². The predicted octanol–water partition coefficient (Wildman–Crippen LogP) is 2.21. The van der Waals surface area contributed by atoms with Crippen molar-refractivity contribution in [2.45, 2.75) is 12.8 Å². The first-order valence-electron chi connectivity index (χ1n) is 5.85. The van der Waals surface area contributed by atoms with Gasteiger partial charge in [-0.15, -0.1) is 0 Å². The number of esters is 1. The van der Waals surface area contributed by atoms with Crippen molar-refractivity contribution in [2.24, 2.45) is 5.92 Å². The highest BCUT2D eigenvalue weighted by Gasteiger charge is 2.34. The van der Waals surface area contributed by atoms with Gasteiger partial charge in [-0.25, -0.2) is 0 Å². The number of halogens is 1. The molecule has 1 aliphatic heterocycles. The number of nitrogens with one attached hydrogen (secondary N) is 1. The molecule has 3 nitrogen and oxygen atoms in total. The van der Waals surface area contributed by atoms with Crippen LogP contribution in [0.25, 0.3) is 0 Å². The molecule has 4 heteroatoms. The van der Waals surface area contributed by atoms with Crippen molar-refractivity contribution in [3.05, 3.63) is 34.9 Å². The largest absolute Gasteiger partial charge is 0.466 e. The van der Waals surface area contributed by atoms with E-state index in [0.717, 1.165) is 12.1 Å². The van der Waals surface area contributed by atoms with Crippen LogP contribution in [0.1, 0.15) is 18.4 Å². The first-order chi connectivity index (χ1) is 8.22. The Balaban J connectivity index is 2.14. The number of hydrogen-bond donors (Lipinski definition) is 1. The highest BCUT2D eigenvalue weighted by atomic mass is 35.5. The molecule has 0 saturated carbocycles. The molecule has 2 rings (SSSR count). The standard InChI is InChI=1S/C13H16ClNO2/c1-2-17-13(16)12-8-15-7-11(12)9-3-5-10(14)6-4-9/h3-6,11-12,15H,2,7-8H2,1H3/t11-,12+/m0/s1. The van der Waals surface area contributed by atoms with E-state index in [1.807, 2.05) is 31.2 Å². The van der Waals surface area contributed by atoms with Gasteiger partial charge < -0.3 is 10.1 Å². The Morgan fingerprint density at radius 1 is 1.41 bits per heavy atom. The fraction of sp³-hybridized carbons (Fsp3) is 0.462. The zero-order chi connectivity index (χ0) is 12.3. The molecule has 2 atom stereocenters. The third kappa shape index (κ3) is 2.79. The summed E-state index contributed by atoms with van der Waals surface area (Å²) in [6.07, 6.45) is 0. The molecule has 1 fully saturated rings. The van der Waals surface area contributed by atoms with E-state index in [1.165, 1.54) is 0 Å². The molecule has 0 unspecified atom stereocenters. The van der Waals surface area contributed by atoms with Crippen LogP contribution in [0.15, 0.2) is 24.3 Å². The highest BCUT2D eigenvalue weighted by molar-refractivity contribution is 6.30. The van der Waals surface area contributed by atoms with Crippen LogP contribution in [0.3, 0.4) is 0 Å². The molecule has 1 aromatic carbocycles. The van der Waals surface area contributed by atoms with Gasteiger partial charge in [0.2, 0.25) is 0 Å². The normalized spacial score (nSPS) is 23.6. The number of carbonyl (C=O) groups excluding carboxylic acids is 1. The summed E-state index contributed by atoms with van der Waals surface area (Å²) in [5.41, 5.74) is 1.14. The number of hydrogen-bond acceptors (Lipinski definition) is 3. The summed E-state index contributed by atoms with van der Waals surface area (Å²) in [6.45, 7) is 3.76. The fourth-order valence-corrected chi connectivity index (χ4v) is 2.36. The monoisotopic (exact) mass is 253 g/mol. The minimum absolute atomic E-state index is 0.0869. The predicted molar refractivity (Wildman–Crippen MR) is 67.2 cm³/mol. The van der Waals surface area contributed by atoms with Crippen molar-refractivity contribution in [1.82, 2.24) is 5.32 Å². The van der Waals surface area contributed by atoms with Crippen LogP contribution in [-0.2, 0) is 9.53 Å². The maximum absolute atomic E-state index is 11.8. The topological polar surface area (TPSA) is 38.3 Å². The molecule has 0 bridgehead atoms. The molecule has 0 aliphatic carbocycles. The van der Waals surface area contributed by atoms with Crippen molar-refractivity contribution >= 4 is 17.6 Å². The minimum Gasteiger partial charge on any atom is -0.466 e. The average Bonchev–Trinajstić information content (AvgIpc) is 2.79. The molecule has 1 saturated heterocycles. The van der Waals surface area contributed by atoms with Crippen molar-refractivity contribution in [2.75, 3.05) is 19.7 Å². The Hall–Kier alpha value is -1.06. The van der Waals surface area contributed by atoms with Gasteiger partial charge in [-0.05, 0) is 24.6 Å². The zero-order valence-corrected chi connectivity index (χ0v) is 10.5. The molecule has 1 N–H and O–H groups in total. The molecule has 0 spiro atoms. The van der Waals surface area contributed by atoms with Crippen LogP contribution in [0.2, 0.25) is 5.02 Å². The summed E-state index contributed by atoms with van der Waals surface area (Å²) in [5, 5.41) is 3.96. The number of rotatable bonds is 3. The van der Waals surface area contributed by atoms with Crippen molar-refractivity contribution in [3.63, 3.8) is 0 Å². The van der Waals surface area contributed by atoms with Crippen LogP contribution in [0, 0.1) is 5.92 Å². The third-order valence-electron chi connectivity index (χ3n) is 3.10. The van der Waals surface area contributed by atoms with Gasteiger partial charge in [-0.3, -0.25) is 4.79 Å². The van der Waals surface area contributed by atoms with Crippen LogP contribution in [-0.4, -0.2) is 25.7 Å². The maximum Gasteiger partial charge on any atom is 0.310 e.